The third-order valence-electron chi connectivity index (χ3n) is 2.87. The number of alkyl halides is 3. The molecule has 1 unspecified atom stereocenters. The van der Waals surface area contributed by atoms with Crippen molar-refractivity contribution in [3.05, 3.63) is 36.0 Å². The van der Waals surface area contributed by atoms with E-state index in [1.165, 1.54) is 24.3 Å². The summed E-state index contributed by atoms with van der Waals surface area (Å²) in [7, 11) is -1.70. The van der Waals surface area contributed by atoms with Crippen LogP contribution in [0.5, 0.6) is 5.88 Å². The van der Waals surface area contributed by atoms with Gasteiger partial charge in [0, 0.05) is 11.9 Å². The van der Waals surface area contributed by atoms with E-state index in [1.807, 2.05) is 0 Å². The molecule has 140 valence electrons. The second-order valence-electron chi connectivity index (χ2n) is 4.64. The van der Waals surface area contributed by atoms with Crippen LogP contribution in [-0.4, -0.2) is 38.9 Å². The number of nitrogens with zero attached hydrogens (tertiary/aromatic N) is 2. The average molecular weight is 390 g/mol. The van der Waals surface area contributed by atoms with Crippen LogP contribution in [0.15, 0.2) is 35.4 Å². The molecule has 1 atom stereocenters. The molecule has 0 fully saturated rings. The maximum absolute atomic E-state index is 12.9. The fourth-order valence-corrected chi connectivity index (χ4v) is 2.38. The van der Waals surface area contributed by atoms with E-state index < -0.39 is 35.2 Å². The first-order chi connectivity index (χ1) is 12.3. The van der Waals surface area contributed by atoms with Gasteiger partial charge in [-0.3, -0.25) is 9.52 Å². The molecular formula is C14H13F3N4O4S. The van der Waals surface area contributed by atoms with Crippen LogP contribution in [0.1, 0.15) is 5.56 Å². The largest absolute Gasteiger partial charge is 0.475 e. The molecule has 1 aromatic carbocycles. The van der Waals surface area contributed by atoms with Crippen molar-refractivity contribution >= 4 is 29.0 Å². The quantitative estimate of drug-likeness (QED) is 0.584. The lowest BCUT2D eigenvalue weighted by atomic mass is 10.3. The summed E-state index contributed by atoms with van der Waals surface area (Å²) in [6.45, 7) is -0.832. The molecule has 0 aliphatic heterocycles. The predicted octanol–water partition coefficient (Wildman–Crippen LogP) is 1.38. The molecule has 1 aromatic heterocycles. The van der Waals surface area contributed by atoms with Crippen molar-refractivity contribution in [1.29, 1.82) is 0 Å². The summed E-state index contributed by atoms with van der Waals surface area (Å²) >= 11 is 0. The number of ether oxygens (including phenoxy) is 1. The Kier molecular flexibility index (Phi) is 6.46. The Balaban J connectivity index is 2.21. The first-order valence-electron chi connectivity index (χ1n) is 7.01. The highest BCUT2D eigenvalue weighted by molar-refractivity contribution is 7.83. The Hall–Kier alpha value is -2.73. The van der Waals surface area contributed by atoms with Crippen LogP contribution < -0.4 is 14.8 Å². The summed E-state index contributed by atoms with van der Waals surface area (Å²) in [5.74, 6) is -0.872. The van der Waals surface area contributed by atoms with Gasteiger partial charge in [-0.1, -0.05) is 0 Å². The van der Waals surface area contributed by atoms with Crippen molar-refractivity contribution in [3.63, 3.8) is 0 Å². The number of aliphatic hydroxyl groups excluding tert-OH is 1. The molecule has 2 rings (SSSR count). The number of rotatable bonds is 8. The summed E-state index contributed by atoms with van der Waals surface area (Å²) in [6, 6.07) is 5.86. The van der Waals surface area contributed by atoms with Crippen molar-refractivity contribution in [2.24, 2.45) is 0 Å². The number of aliphatic hydroxyl groups is 1. The van der Waals surface area contributed by atoms with Crippen molar-refractivity contribution in [1.82, 2.24) is 14.7 Å². The van der Waals surface area contributed by atoms with E-state index in [9.17, 15) is 22.2 Å². The number of carbonyl (C=O) groups is 1. The number of benzene rings is 1. The highest BCUT2D eigenvalue weighted by Crippen LogP contribution is 2.35. The standard InChI is InChI=1S/C14H13F3N4O4S/c15-14(16,17)11-7-18-13(21-12(11)25-6-5-22)20-9-1-3-10(4-2-9)26(24)19-8-23/h1-4,7-8,22H,5-6H2,(H,19,23)(H,18,20,21). The van der Waals surface area contributed by atoms with Gasteiger partial charge in [0.1, 0.15) is 12.2 Å². The fraction of sp³-hybridized carbons (Fsp3) is 0.214. The van der Waals surface area contributed by atoms with Gasteiger partial charge in [-0.2, -0.15) is 18.2 Å². The minimum atomic E-state index is -4.71. The Labute approximate surface area is 148 Å². The molecule has 2 aromatic rings. The molecule has 1 heterocycles. The van der Waals surface area contributed by atoms with E-state index in [0.29, 0.717) is 23.2 Å². The van der Waals surface area contributed by atoms with Crippen LogP contribution in [0, 0.1) is 0 Å². The van der Waals surface area contributed by atoms with Crippen molar-refractivity contribution < 1.29 is 32.0 Å². The topological polar surface area (TPSA) is 113 Å². The number of hydrogen-bond donors (Lipinski definition) is 3. The van der Waals surface area contributed by atoms with Gasteiger partial charge in [0.2, 0.25) is 18.2 Å². The molecule has 0 radical (unpaired) electrons. The first-order valence-corrected chi connectivity index (χ1v) is 8.16. The fourth-order valence-electron chi connectivity index (χ4n) is 1.78. The maximum atomic E-state index is 12.9. The van der Waals surface area contributed by atoms with E-state index in [0.717, 1.165) is 0 Å². The zero-order chi connectivity index (χ0) is 19.2. The molecule has 0 aliphatic rings. The minimum absolute atomic E-state index is 0.161. The van der Waals surface area contributed by atoms with Gasteiger partial charge in [0.05, 0.1) is 11.5 Å². The summed E-state index contributed by atoms with van der Waals surface area (Å²) < 4.78 is 57.2. The smallest absolute Gasteiger partial charge is 0.423 e. The molecule has 1 amide bonds. The summed E-state index contributed by atoms with van der Waals surface area (Å²) in [6.07, 6.45) is -3.84. The van der Waals surface area contributed by atoms with Gasteiger partial charge in [-0.25, -0.2) is 9.19 Å². The molecule has 0 spiro atoms. The van der Waals surface area contributed by atoms with Gasteiger partial charge in [-0.05, 0) is 24.3 Å². The first kappa shape index (κ1) is 19.6. The zero-order valence-corrected chi connectivity index (χ0v) is 13.8. The minimum Gasteiger partial charge on any atom is -0.475 e. The lowest BCUT2D eigenvalue weighted by molar-refractivity contribution is -0.139. The number of halogens is 3. The summed E-state index contributed by atoms with van der Waals surface area (Å²) in [4.78, 5) is 17.8. The number of nitrogens with one attached hydrogen (secondary N) is 2. The normalized spacial score (nSPS) is 12.3. The molecule has 12 heteroatoms. The Morgan fingerprint density at radius 1 is 1.27 bits per heavy atom. The lowest BCUT2D eigenvalue weighted by Crippen LogP contribution is -2.14. The van der Waals surface area contributed by atoms with Gasteiger partial charge in [0.25, 0.3) is 0 Å². The van der Waals surface area contributed by atoms with Crippen LogP contribution in [0.4, 0.5) is 24.8 Å². The van der Waals surface area contributed by atoms with Crippen LogP contribution in [0.25, 0.3) is 0 Å². The van der Waals surface area contributed by atoms with Crippen LogP contribution >= 0.6 is 0 Å². The third-order valence-corrected chi connectivity index (χ3v) is 3.88. The van der Waals surface area contributed by atoms with Crippen LogP contribution in [-0.2, 0) is 22.0 Å². The summed E-state index contributed by atoms with van der Waals surface area (Å²) in [5, 5.41) is 11.4. The zero-order valence-electron chi connectivity index (χ0n) is 13.0. The molecule has 0 aliphatic carbocycles. The van der Waals surface area contributed by atoms with Crippen LogP contribution in [0.2, 0.25) is 0 Å². The second kappa shape index (κ2) is 8.58. The van der Waals surface area contributed by atoms with E-state index in [-0.39, 0.29) is 12.6 Å². The molecule has 3 N–H and O–H groups in total. The monoisotopic (exact) mass is 390 g/mol. The SMILES string of the molecule is O=CNS(=O)c1ccc(Nc2ncc(C(F)(F)F)c(OCCO)n2)cc1. The van der Waals surface area contributed by atoms with Gasteiger partial charge in [-0.15, -0.1) is 0 Å². The highest BCUT2D eigenvalue weighted by Gasteiger charge is 2.36. The Bertz CT molecular complexity index is 787. The average Bonchev–Trinajstić information content (AvgIpc) is 2.60. The number of anilines is 2. The lowest BCUT2D eigenvalue weighted by Gasteiger charge is -2.13. The predicted molar refractivity (Wildman–Crippen MR) is 84.9 cm³/mol. The molecule has 0 saturated carbocycles. The van der Waals surface area contributed by atoms with Crippen molar-refractivity contribution in [2.75, 3.05) is 18.5 Å². The number of amides is 1. The Morgan fingerprint density at radius 3 is 2.54 bits per heavy atom. The Morgan fingerprint density at radius 2 is 1.96 bits per heavy atom. The summed E-state index contributed by atoms with van der Waals surface area (Å²) in [5.41, 5.74) is -0.757. The third kappa shape index (κ3) is 5.13. The van der Waals surface area contributed by atoms with E-state index in [4.69, 9.17) is 9.84 Å². The maximum Gasteiger partial charge on any atom is 0.423 e. The number of carbonyl (C=O) groups excluding carboxylic acids is 1. The van der Waals surface area contributed by atoms with E-state index in [2.05, 4.69) is 20.0 Å². The molecule has 0 bridgehead atoms. The molecule has 26 heavy (non-hydrogen) atoms. The second-order valence-corrected chi connectivity index (χ2v) is 5.88. The van der Waals surface area contributed by atoms with Crippen LogP contribution in [0.3, 0.4) is 0 Å². The van der Waals surface area contributed by atoms with Gasteiger partial charge < -0.3 is 15.2 Å². The molecule has 0 saturated heterocycles. The molecular weight excluding hydrogens is 377 g/mol. The van der Waals surface area contributed by atoms with Crippen molar-refractivity contribution in [2.45, 2.75) is 11.1 Å². The highest BCUT2D eigenvalue weighted by atomic mass is 32.2. The van der Waals surface area contributed by atoms with E-state index >= 15 is 0 Å². The number of aromatic nitrogens is 2. The molecule has 8 nitrogen and oxygen atoms in total. The van der Waals surface area contributed by atoms with Gasteiger partial charge in [0.15, 0.2) is 11.0 Å². The number of hydrogen-bond acceptors (Lipinski definition) is 7. The van der Waals surface area contributed by atoms with Crippen molar-refractivity contribution in [3.8, 4) is 5.88 Å². The van der Waals surface area contributed by atoms with E-state index in [1.54, 1.807) is 0 Å². The van der Waals surface area contributed by atoms with Gasteiger partial charge >= 0.3 is 6.18 Å².